The van der Waals surface area contributed by atoms with E-state index >= 15 is 0 Å². The number of primary amides is 1. The molecule has 0 aliphatic carbocycles. The summed E-state index contributed by atoms with van der Waals surface area (Å²) in [6.45, 7) is 1.68. The molecule has 12 heteroatoms. The van der Waals surface area contributed by atoms with Crippen molar-refractivity contribution in [2.24, 2.45) is 5.73 Å². The van der Waals surface area contributed by atoms with Gasteiger partial charge in [-0.1, -0.05) is 23.5 Å². The molecule has 0 saturated heterocycles. The maximum absolute atomic E-state index is 13.5. The van der Waals surface area contributed by atoms with Crippen LogP contribution < -0.4 is 31.2 Å². The SMILES string of the molecule is COc1cccc(CNC(=O)COc2ccc(C(=O)c3sc(N(c4ccc(F)cc4)[C@H](C)C(N)=O)nc3N)cc2)c1. The number of hydrogen-bond acceptors (Lipinski definition) is 9. The lowest BCUT2D eigenvalue weighted by molar-refractivity contribution is -0.123. The van der Waals surface area contributed by atoms with Gasteiger partial charge in [0.1, 0.15) is 34.1 Å². The molecule has 1 atom stereocenters. The van der Waals surface area contributed by atoms with Crippen LogP contribution in [0.25, 0.3) is 0 Å². The minimum Gasteiger partial charge on any atom is -0.497 e. The number of benzene rings is 3. The van der Waals surface area contributed by atoms with Crippen molar-refractivity contribution in [3.05, 3.63) is 94.6 Å². The van der Waals surface area contributed by atoms with E-state index in [9.17, 15) is 18.8 Å². The molecule has 1 aromatic heterocycles. The number of aromatic nitrogens is 1. The van der Waals surface area contributed by atoms with E-state index in [1.54, 1.807) is 38.3 Å². The van der Waals surface area contributed by atoms with Crippen molar-refractivity contribution in [1.29, 1.82) is 0 Å². The van der Waals surface area contributed by atoms with Gasteiger partial charge in [0.25, 0.3) is 5.91 Å². The van der Waals surface area contributed by atoms with Crippen LogP contribution in [0.5, 0.6) is 11.5 Å². The van der Waals surface area contributed by atoms with Crippen LogP contribution in [-0.4, -0.2) is 42.3 Å². The molecule has 0 unspecified atom stereocenters. The summed E-state index contributed by atoms with van der Waals surface area (Å²) in [7, 11) is 1.57. The highest BCUT2D eigenvalue weighted by molar-refractivity contribution is 7.18. The molecule has 0 radical (unpaired) electrons. The van der Waals surface area contributed by atoms with Crippen molar-refractivity contribution in [2.75, 3.05) is 24.4 Å². The molecule has 4 aromatic rings. The zero-order valence-corrected chi connectivity index (χ0v) is 23.1. The lowest BCUT2D eigenvalue weighted by atomic mass is 10.1. The average Bonchev–Trinajstić information content (AvgIpc) is 3.36. The number of halogens is 1. The Morgan fingerprint density at radius 3 is 2.41 bits per heavy atom. The molecule has 1 heterocycles. The van der Waals surface area contributed by atoms with Gasteiger partial charge in [-0.15, -0.1) is 0 Å². The van der Waals surface area contributed by atoms with Gasteiger partial charge in [-0.05, 0) is 73.2 Å². The standard InChI is InChI=1S/C29H28FN5O5S/c1-17(28(32)38)35(21-10-8-20(30)9-11-21)29-34-27(31)26(41-29)25(37)19-6-12-22(13-7-19)40-16-24(36)33-15-18-4-3-5-23(14-18)39-2/h3-14,17H,15-16,31H2,1-2H3,(H2,32,38)(H,33,36)/t17-/m1/s1. The van der Waals surface area contributed by atoms with Crippen LogP contribution in [0, 0.1) is 5.82 Å². The Labute approximate surface area is 239 Å². The number of nitrogen functional groups attached to an aromatic ring is 1. The van der Waals surface area contributed by atoms with E-state index in [1.165, 1.54) is 29.2 Å². The van der Waals surface area contributed by atoms with Gasteiger partial charge in [0.2, 0.25) is 11.7 Å². The number of nitrogens with one attached hydrogen (secondary N) is 1. The van der Waals surface area contributed by atoms with Crippen molar-refractivity contribution in [1.82, 2.24) is 10.3 Å². The highest BCUT2D eigenvalue weighted by Crippen LogP contribution is 2.36. The number of ketones is 1. The number of ether oxygens (including phenoxy) is 2. The zero-order chi connectivity index (χ0) is 29.5. The number of nitrogens with two attached hydrogens (primary N) is 2. The number of rotatable bonds is 12. The van der Waals surface area contributed by atoms with Gasteiger partial charge in [0.15, 0.2) is 11.7 Å². The first-order valence-electron chi connectivity index (χ1n) is 12.4. The summed E-state index contributed by atoms with van der Waals surface area (Å²) in [5, 5.41) is 3.03. The summed E-state index contributed by atoms with van der Waals surface area (Å²) in [5.74, 6) is -0.713. The van der Waals surface area contributed by atoms with Gasteiger partial charge < -0.3 is 31.2 Å². The topological polar surface area (TPSA) is 150 Å². The molecular formula is C29H28FN5O5S. The fourth-order valence-electron chi connectivity index (χ4n) is 3.83. The van der Waals surface area contributed by atoms with E-state index in [-0.39, 0.29) is 34.1 Å². The van der Waals surface area contributed by atoms with Gasteiger partial charge >= 0.3 is 0 Å². The first kappa shape index (κ1) is 29.0. The largest absolute Gasteiger partial charge is 0.497 e. The minimum atomic E-state index is -0.849. The summed E-state index contributed by atoms with van der Waals surface area (Å²) >= 11 is 0.986. The summed E-state index contributed by atoms with van der Waals surface area (Å²) in [6.07, 6.45) is 0. The average molecular weight is 578 g/mol. The van der Waals surface area contributed by atoms with Crippen LogP contribution in [0.1, 0.15) is 27.7 Å². The van der Waals surface area contributed by atoms with Crippen LogP contribution in [0.3, 0.4) is 0 Å². The van der Waals surface area contributed by atoms with E-state index in [4.69, 9.17) is 20.9 Å². The molecule has 3 aromatic carbocycles. The van der Waals surface area contributed by atoms with Gasteiger partial charge in [-0.25, -0.2) is 9.37 Å². The van der Waals surface area contributed by atoms with E-state index in [0.717, 1.165) is 16.9 Å². The quantitative estimate of drug-likeness (QED) is 0.215. The lowest BCUT2D eigenvalue weighted by Gasteiger charge is -2.26. The van der Waals surface area contributed by atoms with E-state index in [1.807, 2.05) is 24.3 Å². The van der Waals surface area contributed by atoms with Crippen LogP contribution in [0.4, 0.5) is 21.0 Å². The second-order valence-corrected chi connectivity index (χ2v) is 9.88. The zero-order valence-electron chi connectivity index (χ0n) is 22.3. The van der Waals surface area contributed by atoms with Gasteiger partial charge in [-0.3, -0.25) is 14.4 Å². The molecule has 0 bridgehead atoms. The number of methoxy groups -OCH3 is 1. The van der Waals surface area contributed by atoms with Gasteiger partial charge in [0, 0.05) is 17.8 Å². The normalized spacial score (nSPS) is 11.4. The maximum atomic E-state index is 13.5. The predicted molar refractivity (Wildman–Crippen MR) is 154 cm³/mol. The summed E-state index contributed by atoms with van der Waals surface area (Å²) in [4.78, 5) is 43.4. The molecule has 10 nitrogen and oxygen atoms in total. The Balaban J connectivity index is 1.41. The highest BCUT2D eigenvalue weighted by atomic mass is 32.1. The molecule has 4 rings (SSSR count). The molecule has 2 amide bonds. The number of anilines is 3. The Hall–Kier alpha value is -4.97. The molecule has 0 aliphatic heterocycles. The third-order valence-electron chi connectivity index (χ3n) is 6.07. The smallest absolute Gasteiger partial charge is 0.258 e. The van der Waals surface area contributed by atoms with Crippen LogP contribution in [-0.2, 0) is 16.1 Å². The van der Waals surface area contributed by atoms with E-state index in [2.05, 4.69) is 10.3 Å². The first-order chi connectivity index (χ1) is 19.7. The Morgan fingerprint density at radius 1 is 1.05 bits per heavy atom. The molecule has 5 N–H and O–H groups in total. The van der Waals surface area contributed by atoms with Crippen LogP contribution >= 0.6 is 11.3 Å². The number of nitrogens with zero attached hydrogens (tertiary/aromatic N) is 2. The molecule has 0 fully saturated rings. The molecule has 0 spiro atoms. The molecule has 41 heavy (non-hydrogen) atoms. The molecule has 212 valence electrons. The third-order valence-corrected chi connectivity index (χ3v) is 7.14. The maximum Gasteiger partial charge on any atom is 0.258 e. The van der Waals surface area contributed by atoms with Gasteiger partial charge in [0.05, 0.1) is 7.11 Å². The summed E-state index contributed by atoms with van der Waals surface area (Å²) < 4.78 is 24.2. The van der Waals surface area contributed by atoms with E-state index in [0.29, 0.717) is 29.3 Å². The van der Waals surface area contributed by atoms with Crippen molar-refractivity contribution >= 4 is 45.6 Å². The van der Waals surface area contributed by atoms with Crippen molar-refractivity contribution in [3.8, 4) is 11.5 Å². The van der Waals surface area contributed by atoms with Gasteiger partial charge in [-0.2, -0.15) is 0 Å². The fourth-order valence-corrected chi connectivity index (χ4v) is 4.88. The second kappa shape index (κ2) is 12.9. The minimum absolute atomic E-state index is 0.0215. The summed E-state index contributed by atoms with van der Waals surface area (Å²) in [6, 6.07) is 18.2. The van der Waals surface area contributed by atoms with Crippen molar-refractivity contribution < 1.29 is 28.2 Å². The molecule has 0 aliphatic rings. The van der Waals surface area contributed by atoms with Crippen molar-refractivity contribution in [3.63, 3.8) is 0 Å². The Bertz CT molecular complexity index is 1540. The van der Waals surface area contributed by atoms with Crippen molar-refractivity contribution in [2.45, 2.75) is 19.5 Å². The first-order valence-corrected chi connectivity index (χ1v) is 13.3. The van der Waals surface area contributed by atoms with Crippen LogP contribution in [0.15, 0.2) is 72.8 Å². The predicted octanol–water partition coefficient (Wildman–Crippen LogP) is 3.81. The number of carbonyl (C=O) groups is 3. The fraction of sp³-hybridized carbons (Fsp3) is 0.172. The van der Waals surface area contributed by atoms with E-state index < -0.39 is 17.8 Å². The Kier molecular flexibility index (Phi) is 9.15. The number of thiazole rings is 1. The number of amides is 2. The monoisotopic (exact) mass is 577 g/mol. The Morgan fingerprint density at radius 2 is 1.76 bits per heavy atom. The molecule has 0 saturated carbocycles. The summed E-state index contributed by atoms with van der Waals surface area (Å²) in [5.41, 5.74) is 13.3. The molecular weight excluding hydrogens is 549 g/mol. The highest BCUT2D eigenvalue weighted by Gasteiger charge is 2.27. The number of hydrogen-bond donors (Lipinski definition) is 3. The second-order valence-electron chi connectivity index (χ2n) is 8.91. The number of carbonyl (C=O) groups excluding carboxylic acids is 3. The van der Waals surface area contributed by atoms with Crippen LogP contribution in [0.2, 0.25) is 0 Å². The lowest BCUT2D eigenvalue weighted by Crippen LogP contribution is -2.39. The third kappa shape index (κ3) is 7.17.